The highest BCUT2D eigenvalue weighted by Crippen LogP contribution is 2.22. The zero-order valence-corrected chi connectivity index (χ0v) is 19.0. The normalized spacial score (nSPS) is 11.1. The van der Waals surface area contributed by atoms with Gasteiger partial charge in [0, 0.05) is 0 Å². The molecule has 0 aliphatic carbocycles. The summed E-state index contributed by atoms with van der Waals surface area (Å²) in [6, 6.07) is 16.5. The average Bonchev–Trinajstić information content (AvgIpc) is 3.35. The first kappa shape index (κ1) is 23.6. The summed E-state index contributed by atoms with van der Waals surface area (Å²) in [6.07, 6.45) is 0.779. The number of carbonyl (C=O) groups is 2. The van der Waals surface area contributed by atoms with Crippen LogP contribution in [0.25, 0.3) is 16.6 Å². The van der Waals surface area contributed by atoms with Crippen LogP contribution >= 0.6 is 11.8 Å². The molecule has 0 unspecified atom stereocenters. The molecular weight excluding hydrogens is 474 g/mol. The van der Waals surface area contributed by atoms with Gasteiger partial charge in [-0.25, -0.2) is 10.4 Å². The minimum Gasteiger partial charge on any atom is -0.397 e. The van der Waals surface area contributed by atoms with Gasteiger partial charge in [0.2, 0.25) is 5.78 Å². The Hall–Kier alpha value is -4.58. The highest BCUT2D eigenvalue weighted by Gasteiger charge is 2.17. The Balaban J connectivity index is 1.50. The van der Waals surface area contributed by atoms with Crippen molar-refractivity contribution < 1.29 is 18.9 Å². The van der Waals surface area contributed by atoms with Crippen LogP contribution in [0.2, 0.25) is 0 Å². The van der Waals surface area contributed by atoms with E-state index < -0.39 is 22.5 Å². The van der Waals surface area contributed by atoms with Gasteiger partial charge in [-0.15, -0.1) is 0 Å². The van der Waals surface area contributed by atoms with E-state index in [1.165, 1.54) is 4.57 Å². The zero-order valence-electron chi connectivity index (χ0n) is 18.2. The van der Waals surface area contributed by atoms with Crippen molar-refractivity contribution in [1.29, 1.82) is 0 Å². The van der Waals surface area contributed by atoms with Crippen LogP contribution in [0.15, 0.2) is 80.1 Å². The Morgan fingerprint density at radius 2 is 1.97 bits per heavy atom. The molecule has 35 heavy (non-hydrogen) atoms. The second-order valence-corrected chi connectivity index (χ2v) is 8.17. The largest absolute Gasteiger partial charge is 0.433 e. The molecule has 4 aromatic rings. The number of rotatable bonds is 8. The molecule has 0 radical (unpaired) electrons. The molecule has 2 aromatic carbocycles. The summed E-state index contributed by atoms with van der Waals surface area (Å²) in [6.45, 7) is 1.89. The van der Waals surface area contributed by atoms with Crippen molar-refractivity contribution in [3.05, 3.63) is 92.5 Å². The quantitative estimate of drug-likeness (QED) is 0.0985. The summed E-state index contributed by atoms with van der Waals surface area (Å²) in [5.74, 6) is -2.32. The van der Waals surface area contributed by atoms with Gasteiger partial charge in [-0.3, -0.25) is 29.1 Å². The lowest BCUT2D eigenvalue weighted by atomic mass is 10.1. The van der Waals surface area contributed by atoms with E-state index in [4.69, 9.17) is 4.42 Å². The average molecular weight is 491 g/mol. The number of furan rings is 1. The summed E-state index contributed by atoms with van der Waals surface area (Å²) in [7, 11) is 0. The number of thioether (sulfide) groups is 1. The highest BCUT2D eigenvalue weighted by atomic mass is 32.2. The minimum absolute atomic E-state index is 0.144. The summed E-state index contributed by atoms with van der Waals surface area (Å²) in [5, 5.41) is 15.0. The Bertz CT molecular complexity index is 1530. The van der Waals surface area contributed by atoms with Crippen molar-refractivity contribution in [2.45, 2.75) is 12.1 Å². The topological polar surface area (TPSA) is 150 Å². The van der Waals surface area contributed by atoms with Gasteiger partial charge in [0.1, 0.15) is 4.92 Å². The number of fused-ring (bicyclic) bond motifs is 1. The van der Waals surface area contributed by atoms with E-state index in [1.807, 2.05) is 19.1 Å². The van der Waals surface area contributed by atoms with Gasteiger partial charge in [0.15, 0.2) is 10.9 Å². The molecule has 176 valence electrons. The standard InChI is InChI=1S/C23H17N5O6S/c1-14-7-8-17-16(11-14)22(31)27(15-5-3-2-4-6-15)23(25-17)35-13-20(30)26-24-12-18(29)19-9-10-21(34-19)28(32)33/h2-12H,13H2,1H3,(H,26,30)/b24-12+. The number of hydrogen-bond donors (Lipinski definition) is 1. The predicted molar refractivity (Wildman–Crippen MR) is 129 cm³/mol. The molecule has 0 aliphatic rings. The number of ketones is 1. The fourth-order valence-electron chi connectivity index (χ4n) is 3.13. The number of nitrogens with zero attached hydrogens (tertiary/aromatic N) is 4. The van der Waals surface area contributed by atoms with Crippen LogP contribution in [0.1, 0.15) is 16.1 Å². The molecule has 0 bridgehead atoms. The lowest BCUT2D eigenvalue weighted by Gasteiger charge is -2.13. The molecule has 11 nitrogen and oxygen atoms in total. The van der Waals surface area contributed by atoms with Crippen LogP contribution in [0.3, 0.4) is 0 Å². The van der Waals surface area contributed by atoms with Gasteiger partial charge in [-0.1, -0.05) is 41.6 Å². The van der Waals surface area contributed by atoms with Gasteiger partial charge >= 0.3 is 5.88 Å². The highest BCUT2D eigenvalue weighted by molar-refractivity contribution is 7.99. The monoisotopic (exact) mass is 491 g/mol. The van der Waals surface area contributed by atoms with E-state index in [1.54, 1.807) is 36.4 Å². The Morgan fingerprint density at radius 1 is 1.20 bits per heavy atom. The maximum absolute atomic E-state index is 13.3. The van der Waals surface area contributed by atoms with Crippen LogP contribution in [0, 0.1) is 17.0 Å². The van der Waals surface area contributed by atoms with Crippen LogP contribution in [0.5, 0.6) is 0 Å². The molecule has 1 N–H and O–H groups in total. The second kappa shape index (κ2) is 10.1. The SMILES string of the molecule is Cc1ccc2nc(SCC(=O)N/N=C/C(=O)c3ccc([N+](=O)[O-])o3)n(-c3ccccc3)c(=O)c2c1. The third-order valence-electron chi connectivity index (χ3n) is 4.73. The summed E-state index contributed by atoms with van der Waals surface area (Å²) in [4.78, 5) is 51.9. The maximum atomic E-state index is 13.3. The lowest BCUT2D eigenvalue weighted by molar-refractivity contribution is -0.402. The van der Waals surface area contributed by atoms with Gasteiger partial charge in [0.05, 0.1) is 34.6 Å². The maximum Gasteiger partial charge on any atom is 0.433 e. The molecule has 0 spiro atoms. The number of para-hydroxylation sites is 1. The zero-order chi connectivity index (χ0) is 24.9. The Morgan fingerprint density at radius 3 is 2.69 bits per heavy atom. The minimum atomic E-state index is -0.774. The van der Waals surface area contributed by atoms with E-state index in [0.717, 1.165) is 35.7 Å². The molecule has 0 fully saturated rings. The number of carbonyl (C=O) groups excluding carboxylic acids is 2. The Labute approximate surface area is 201 Å². The first-order valence-electron chi connectivity index (χ1n) is 10.2. The van der Waals surface area contributed by atoms with Gasteiger partial charge in [0.25, 0.3) is 11.5 Å². The van der Waals surface area contributed by atoms with E-state index in [-0.39, 0.29) is 17.1 Å². The summed E-state index contributed by atoms with van der Waals surface area (Å²) < 4.78 is 6.22. The molecule has 2 aromatic heterocycles. The third kappa shape index (κ3) is 5.33. The van der Waals surface area contributed by atoms with Crippen molar-refractivity contribution in [2.75, 3.05) is 5.75 Å². The molecule has 0 atom stereocenters. The summed E-state index contributed by atoms with van der Waals surface area (Å²) >= 11 is 1.03. The number of benzene rings is 2. The van der Waals surface area contributed by atoms with Gasteiger partial charge in [-0.05, 0) is 37.3 Å². The van der Waals surface area contributed by atoms with Crippen molar-refractivity contribution in [1.82, 2.24) is 15.0 Å². The molecule has 0 saturated heterocycles. The number of aromatic nitrogens is 2. The van der Waals surface area contributed by atoms with Crippen LogP contribution in [-0.2, 0) is 4.79 Å². The first-order chi connectivity index (χ1) is 16.8. The Kier molecular flexibility index (Phi) is 6.83. The van der Waals surface area contributed by atoms with Crippen LogP contribution in [-0.4, -0.2) is 38.1 Å². The molecule has 2 heterocycles. The number of nitro groups is 1. The molecule has 1 amide bonds. The van der Waals surface area contributed by atoms with E-state index in [9.17, 15) is 24.5 Å². The number of hydrogen-bond acceptors (Lipinski definition) is 9. The summed E-state index contributed by atoms with van der Waals surface area (Å²) in [5.41, 5.74) is 3.97. The van der Waals surface area contributed by atoms with E-state index >= 15 is 0 Å². The van der Waals surface area contributed by atoms with Crippen molar-refractivity contribution in [3.63, 3.8) is 0 Å². The number of Topliss-reactive ketones (excluding diaryl/α,β-unsaturated/α-hetero) is 1. The number of nitrogens with one attached hydrogen (secondary N) is 1. The number of hydrazone groups is 1. The van der Waals surface area contributed by atoms with E-state index in [2.05, 4.69) is 15.5 Å². The fraction of sp³-hybridized carbons (Fsp3) is 0.0870. The molecule has 12 heteroatoms. The first-order valence-corrected chi connectivity index (χ1v) is 11.1. The third-order valence-corrected chi connectivity index (χ3v) is 5.66. The second-order valence-electron chi connectivity index (χ2n) is 7.23. The van der Waals surface area contributed by atoms with Gasteiger partial charge in [-0.2, -0.15) is 5.10 Å². The molecule has 4 rings (SSSR count). The predicted octanol–water partition coefficient (Wildman–Crippen LogP) is 3.27. The number of aryl methyl sites for hydroxylation is 1. The smallest absolute Gasteiger partial charge is 0.397 e. The lowest BCUT2D eigenvalue weighted by Crippen LogP contribution is -2.24. The van der Waals surface area contributed by atoms with E-state index in [0.29, 0.717) is 21.7 Å². The van der Waals surface area contributed by atoms with Gasteiger partial charge < -0.3 is 4.42 Å². The van der Waals surface area contributed by atoms with Crippen molar-refractivity contribution in [2.24, 2.45) is 5.10 Å². The van der Waals surface area contributed by atoms with Crippen LogP contribution in [0.4, 0.5) is 5.88 Å². The molecule has 0 aliphatic heterocycles. The van der Waals surface area contributed by atoms with Crippen molar-refractivity contribution in [3.8, 4) is 5.69 Å². The number of amides is 1. The molecule has 0 saturated carbocycles. The van der Waals surface area contributed by atoms with Crippen molar-refractivity contribution >= 4 is 46.5 Å². The van der Waals surface area contributed by atoms with Crippen LogP contribution < -0.4 is 11.0 Å². The molecular formula is C23H17N5O6S. The fourth-order valence-corrected chi connectivity index (χ4v) is 3.93.